The van der Waals surface area contributed by atoms with E-state index in [1.165, 1.54) is 116 Å². The van der Waals surface area contributed by atoms with Gasteiger partial charge in [0.25, 0.3) is 0 Å². The first kappa shape index (κ1) is 63.8. The molecule has 386 valence electrons. The molecular formula is C59H104NO7+. The molecular weight excluding hydrogens is 835 g/mol. The summed E-state index contributed by atoms with van der Waals surface area (Å²) in [6, 6.07) is -0.622. The number of carboxylic acid groups (broad SMARTS) is 1. The molecule has 0 amide bonds. The number of carbonyl (C=O) groups excluding carboxylic acids is 2. The topological polar surface area (TPSA) is 99.1 Å². The maximum absolute atomic E-state index is 12.8. The molecule has 0 aliphatic heterocycles. The first-order chi connectivity index (χ1) is 32.6. The van der Waals surface area contributed by atoms with Crippen molar-refractivity contribution in [3.8, 4) is 0 Å². The predicted octanol–water partition coefficient (Wildman–Crippen LogP) is 16.3. The van der Waals surface area contributed by atoms with Crippen LogP contribution in [-0.4, -0.2) is 80.6 Å². The van der Waals surface area contributed by atoms with E-state index < -0.39 is 18.1 Å². The van der Waals surface area contributed by atoms with Crippen LogP contribution in [0.25, 0.3) is 0 Å². The van der Waals surface area contributed by atoms with Gasteiger partial charge in [0.15, 0.2) is 12.1 Å². The first-order valence-electron chi connectivity index (χ1n) is 27.5. The van der Waals surface area contributed by atoms with Crippen molar-refractivity contribution in [1.29, 1.82) is 0 Å². The van der Waals surface area contributed by atoms with Crippen LogP contribution in [0.15, 0.2) is 72.9 Å². The van der Waals surface area contributed by atoms with Crippen LogP contribution in [0.3, 0.4) is 0 Å². The number of quaternary nitrogens is 1. The molecule has 0 radical (unpaired) electrons. The lowest BCUT2D eigenvalue weighted by molar-refractivity contribution is -0.887. The summed E-state index contributed by atoms with van der Waals surface area (Å²) in [6.07, 6.45) is 63.8. The van der Waals surface area contributed by atoms with Crippen molar-refractivity contribution >= 4 is 17.9 Å². The van der Waals surface area contributed by atoms with E-state index in [-0.39, 0.29) is 36.2 Å². The first-order valence-corrected chi connectivity index (χ1v) is 27.5. The fourth-order valence-corrected chi connectivity index (χ4v) is 7.88. The molecule has 0 saturated carbocycles. The highest BCUT2D eigenvalue weighted by Gasteiger charge is 2.31. The van der Waals surface area contributed by atoms with E-state index in [4.69, 9.17) is 14.2 Å². The normalized spacial score (nSPS) is 13.4. The number of hydrogen-bond acceptors (Lipinski definition) is 6. The molecule has 0 rings (SSSR count). The summed E-state index contributed by atoms with van der Waals surface area (Å²) < 4.78 is 17.4. The minimum atomic E-state index is -0.878. The van der Waals surface area contributed by atoms with Gasteiger partial charge in [-0.2, -0.15) is 0 Å². The summed E-state index contributed by atoms with van der Waals surface area (Å²) in [5.74, 6) is -1.49. The molecule has 2 unspecified atom stereocenters. The molecule has 0 aromatic carbocycles. The summed E-state index contributed by atoms with van der Waals surface area (Å²) in [4.78, 5) is 37.2. The van der Waals surface area contributed by atoms with Crippen LogP contribution in [0.2, 0.25) is 0 Å². The molecule has 0 aromatic rings. The van der Waals surface area contributed by atoms with Crippen molar-refractivity contribution in [1.82, 2.24) is 0 Å². The van der Waals surface area contributed by atoms with Crippen molar-refractivity contribution in [2.24, 2.45) is 0 Å². The van der Waals surface area contributed by atoms with E-state index in [2.05, 4.69) is 86.8 Å². The van der Waals surface area contributed by atoms with Crippen LogP contribution >= 0.6 is 0 Å². The second-order valence-corrected chi connectivity index (χ2v) is 19.5. The fourth-order valence-electron chi connectivity index (χ4n) is 7.88. The lowest BCUT2D eigenvalue weighted by atomic mass is 10.1. The Labute approximate surface area is 412 Å². The highest BCUT2D eigenvalue weighted by molar-refractivity contribution is 5.72. The Morgan fingerprint density at radius 2 is 0.836 bits per heavy atom. The summed E-state index contributed by atoms with van der Waals surface area (Å²) in [7, 11) is 5.53. The maximum Gasteiger partial charge on any atom is 0.362 e. The zero-order valence-corrected chi connectivity index (χ0v) is 44.1. The Balaban J connectivity index is 4.25. The number of carbonyl (C=O) groups is 3. The third-order valence-electron chi connectivity index (χ3n) is 12.1. The minimum absolute atomic E-state index is 0.0522. The van der Waals surface area contributed by atoms with Gasteiger partial charge in [-0.25, -0.2) is 4.79 Å². The molecule has 0 fully saturated rings. The molecule has 1 N–H and O–H groups in total. The van der Waals surface area contributed by atoms with E-state index >= 15 is 0 Å². The predicted molar refractivity (Wildman–Crippen MR) is 284 cm³/mol. The van der Waals surface area contributed by atoms with Gasteiger partial charge in [0.2, 0.25) is 0 Å². The average molecular weight is 939 g/mol. The summed E-state index contributed by atoms with van der Waals surface area (Å²) >= 11 is 0. The second kappa shape index (κ2) is 49.2. The molecule has 0 aliphatic rings. The van der Waals surface area contributed by atoms with Gasteiger partial charge < -0.3 is 23.8 Å². The van der Waals surface area contributed by atoms with Gasteiger partial charge in [-0.05, 0) is 83.5 Å². The Bertz CT molecular complexity index is 1320. The van der Waals surface area contributed by atoms with Gasteiger partial charge in [-0.3, -0.25) is 9.59 Å². The molecule has 67 heavy (non-hydrogen) atoms. The SMILES string of the molecule is CC/C=C/C/C=C/C/C=C/C/C=C/C/C=C/CCCCCCCCC(=O)OCC(COCCC(C(=O)O)[N+](C)(C)C)OC(=O)CCCCCCCCC/C=C/CCCCCCCCCCCC. The van der Waals surface area contributed by atoms with Crippen molar-refractivity contribution in [2.75, 3.05) is 41.0 Å². The third-order valence-corrected chi connectivity index (χ3v) is 12.1. The molecule has 0 aliphatic carbocycles. The van der Waals surface area contributed by atoms with Crippen LogP contribution < -0.4 is 0 Å². The molecule has 0 spiro atoms. The molecule has 0 bridgehead atoms. The van der Waals surface area contributed by atoms with E-state index in [0.717, 1.165) is 83.5 Å². The Morgan fingerprint density at radius 3 is 1.25 bits per heavy atom. The quantitative estimate of drug-likeness (QED) is 0.0281. The minimum Gasteiger partial charge on any atom is -0.477 e. The van der Waals surface area contributed by atoms with Gasteiger partial charge >= 0.3 is 17.9 Å². The van der Waals surface area contributed by atoms with Gasteiger partial charge in [0.1, 0.15) is 6.61 Å². The fraction of sp³-hybridized carbons (Fsp3) is 0.746. The summed E-state index contributed by atoms with van der Waals surface area (Å²) in [5.41, 5.74) is 0. The van der Waals surface area contributed by atoms with Crippen molar-refractivity contribution in [3.63, 3.8) is 0 Å². The second-order valence-electron chi connectivity index (χ2n) is 19.5. The van der Waals surface area contributed by atoms with Crippen molar-refractivity contribution in [3.05, 3.63) is 72.9 Å². The number of ether oxygens (including phenoxy) is 3. The molecule has 8 heteroatoms. The van der Waals surface area contributed by atoms with Crippen LogP contribution in [0.1, 0.15) is 232 Å². The zero-order valence-electron chi connectivity index (χ0n) is 44.1. The zero-order chi connectivity index (χ0) is 49.2. The molecule has 0 saturated heterocycles. The number of rotatable bonds is 49. The largest absolute Gasteiger partial charge is 0.477 e. The number of likely N-dealkylation sites (N-methyl/N-ethyl adjacent to an activating group) is 1. The average Bonchev–Trinajstić information content (AvgIpc) is 3.29. The number of hydrogen-bond donors (Lipinski definition) is 1. The third kappa shape index (κ3) is 47.6. The Kier molecular flexibility index (Phi) is 46.8. The van der Waals surface area contributed by atoms with Crippen LogP contribution in [0.4, 0.5) is 0 Å². The van der Waals surface area contributed by atoms with E-state index in [1.807, 2.05) is 21.1 Å². The maximum atomic E-state index is 12.8. The van der Waals surface area contributed by atoms with E-state index in [0.29, 0.717) is 19.3 Å². The van der Waals surface area contributed by atoms with E-state index in [9.17, 15) is 19.5 Å². The number of carboxylic acids is 1. The van der Waals surface area contributed by atoms with Crippen molar-refractivity contribution in [2.45, 2.75) is 244 Å². The van der Waals surface area contributed by atoms with Crippen molar-refractivity contribution < 1.29 is 38.2 Å². The Hall–Kier alpha value is -3.23. The van der Waals surface area contributed by atoms with E-state index in [1.54, 1.807) is 0 Å². The lowest BCUT2D eigenvalue weighted by Crippen LogP contribution is -2.50. The molecule has 8 nitrogen and oxygen atoms in total. The number of unbranched alkanes of at least 4 members (excludes halogenated alkanes) is 23. The van der Waals surface area contributed by atoms with Gasteiger partial charge in [-0.15, -0.1) is 0 Å². The summed E-state index contributed by atoms with van der Waals surface area (Å²) in [5, 5.41) is 9.67. The van der Waals surface area contributed by atoms with Crippen LogP contribution in [0.5, 0.6) is 0 Å². The molecule has 2 atom stereocenters. The van der Waals surface area contributed by atoms with Gasteiger partial charge in [-0.1, -0.05) is 202 Å². The highest BCUT2D eigenvalue weighted by atomic mass is 16.6. The standard InChI is InChI=1S/C59H103NO7/c1-6-8-10-12-14-16-18-20-22-24-26-28-30-31-33-35-37-39-41-43-45-47-49-57(61)66-54-55(53-65-52-51-56(59(63)64)60(3,4)5)67-58(62)50-48-46-44-42-40-38-36-34-32-29-27-25-23-21-19-17-15-13-11-9-7-2/h8,10,14,16,20,22,26,28-29,31-33,55-56H,6-7,9,11-13,15,17-19,21,23-25,27,30,34-54H2,1-5H3/p+1/b10-8+,16-14+,22-20+,28-26+,32-29+,33-31+. The lowest BCUT2D eigenvalue weighted by Gasteiger charge is -2.31. The number of nitrogens with zero attached hydrogens (tertiary/aromatic N) is 1. The number of aliphatic carboxylic acids is 1. The number of esters is 2. The van der Waals surface area contributed by atoms with Gasteiger partial charge in [0.05, 0.1) is 34.4 Å². The molecule has 0 aromatic heterocycles. The monoisotopic (exact) mass is 939 g/mol. The van der Waals surface area contributed by atoms with Crippen LogP contribution in [0, 0.1) is 0 Å². The van der Waals surface area contributed by atoms with Gasteiger partial charge in [0, 0.05) is 19.3 Å². The molecule has 0 heterocycles. The smallest absolute Gasteiger partial charge is 0.362 e. The highest BCUT2D eigenvalue weighted by Crippen LogP contribution is 2.15. The van der Waals surface area contributed by atoms with Crippen LogP contribution in [-0.2, 0) is 28.6 Å². The Morgan fingerprint density at radius 1 is 0.463 bits per heavy atom. The number of allylic oxidation sites excluding steroid dienone is 12. The summed E-state index contributed by atoms with van der Waals surface area (Å²) in [6.45, 7) is 4.62.